The zero-order chi connectivity index (χ0) is 15.6. The molecule has 21 heavy (non-hydrogen) atoms. The Kier molecular flexibility index (Phi) is 4.88. The summed E-state index contributed by atoms with van der Waals surface area (Å²) in [5, 5.41) is 0. The lowest BCUT2D eigenvalue weighted by Crippen LogP contribution is -2.26. The van der Waals surface area contributed by atoms with E-state index < -0.39 is 10.0 Å². The SMILES string of the molecule is Cc1ccc(CN(C)S(=O)(=O)c2cc(CN)ccc2Br)o1. The molecule has 1 heterocycles. The number of nitrogens with two attached hydrogens (primary N) is 1. The van der Waals surface area contributed by atoms with Crippen molar-refractivity contribution in [3.8, 4) is 0 Å². The number of halogens is 1. The summed E-state index contributed by atoms with van der Waals surface area (Å²) in [6, 6.07) is 8.65. The number of rotatable bonds is 5. The van der Waals surface area contributed by atoms with E-state index in [9.17, 15) is 8.42 Å². The first-order chi connectivity index (χ1) is 9.84. The summed E-state index contributed by atoms with van der Waals surface area (Å²) in [4.78, 5) is 0.205. The number of furan rings is 1. The molecule has 0 saturated heterocycles. The molecule has 7 heteroatoms. The van der Waals surface area contributed by atoms with E-state index >= 15 is 0 Å². The molecule has 0 unspecified atom stereocenters. The zero-order valence-corrected chi connectivity index (χ0v) is 14.2. The fourth-order valence-electron chi connectivity index (χ4n) is 1.91. The number of hydrogen-bond donors (Lipinski definition) is 1. The van der Waals surface area contributed by atoms with Crippen LogP contribution >= 0.6 is 15.9 Å². The maximum absolute atomic E-state index is 12.6. The van der Waals surface area contributed by atoms with Crippen LogP contribution in [0, 0.1) is 6.92 Å². The van der Waals surface area contributed by atoms with Crippen molar-refractivity contribution >= 4 is 26.0 Å². The summed E-state index contributed by atoms with van der Waals surface area (Å²) >= 11 is 3.28. The standard InChI is InChI=1S/C14H17BrN2O3S/c1-10-3-5-12(20-10)9-17(2)21(18,19)14-7-11(8-16)4-6-13(14)15/h3-7H,8-9,16H2,1-2H3. The molecule has 0 radical (unpaired) electrons. The van der Waals surface area contributed by atoms with Crippen LogP contribution in [0.4, 0.5) is 0 Å². The van der Waals surface area contributed by atoms with Crippen LogP contribution in [-0.2, 0) is 23.1 Å². The van der Waals surface area contributed by atoms with E-state index in [1.54, 1.807) is 30.3 Å². The van der Waals surface area contributed by atoms with Gasteiger partial charge in [-0.2, -0.15) is 4.31 Å². The van der Waals surface area contributed by atoms with Crippen LogP contribution in [0.1, 0.15) is 17.1 Å². The molecule has 0 bridgehead atoms. The molecule has 2 N–H and O–H groups in total. The van der Waals surface area contributed by atoms with Gasteiger partial charge in [-0.05, 0) is 52.7 Å². The molecular formula is C14H17BrN2O3S. The number of benzene rings is 1. The third kappa shape index (κ3) is 3.55. The van der Waals surface area contributed by atoms with Gasteiger partial charge >= 0.3 is 0 Å². The number of nitrogens with zero attached hydrogens (tertiary/aromatic N) is 1. The van der Waals surface area contributed by atoms with Gasteiger partial charge in [0.05, 0.1) is 11.4 Å². The predicted octanol–water partition coefficient (Wildman–Crippen LogP) is 2.63. The van der Waals surface area contributed by atoms with Crippen molar-refractivity contribution in [1.82, 2.24) is 4.31 Å². The summed E-state index contributed by atoms with van der Waals surface area (Å²) in [5.74, 6) is 1.35. The quantitative estimate of drug-likeness (QED) is 0.874. The van der Waals surface area contributed by atoms with Gasteiger partial charge in [0, 0.05) is 18.1 Å². The highest BCUT2D eigenvalue weighted by atomic mass is 79.9. The molecule has 1 aromatic heterocycles. The molecule has 0 atom stereocenters. The van der Waals surface area contributed by atoms with Gasteiger partial charge in [0.15, 0.2) is 0 Å². The molecule has 0 saturated carbocycles. The molecule has 0 aliphatic heterocycles. The Morgan fingerprint density at radius 2 is 2.00 bits per heavy atom. The van der Waals surface area contributed by atoms with E-state index in [4.69, 9.17) is 10.2 Å². The Hall–Kier alpha value is -1.15. The van der Waals surface area contributed by atoms with E-state index in [1.165, 1.54) is 11.4 Å². The van der Waals surface area contributed by atoms with Crippen LogP contribution < -0.4 is 5.73 Å². The smallest absolute Gasteiger partial charge is 0.244 e. The molecule has 0 aliphatic rings. The highest BCUT2D eigenvalue weighted by Gasteiger charge is 2.24. The Labute approximate surface area is 132 Å². The topological polar surface area (TPSA) is 76.5 Å². The number of hydrogen-bond acceptors (Lipinski definition) is 4. The number of aryl methyl sites for hydroxylation is 1. The molecule has 114 valence electrons. The molecule has 0 spiro atoms. The summed E-state index contributed by atoms with van der Waals surface area (Å²) < 4.78 is 32.5. The number of sulfonamides is 1. The zero-order valence-electron chi connectivity index (χ0n) is 11.8. The van der Waals surface area contributed by atoms with E-state index in [0.29, 0.717) is 10.2 Å². The van der Waals surface area contributed by atoms with Crippen molar-refractivity contribution in [2.45, 2.75) is 24.9 Å². The maximum Gasteiger partial charge on any atom is 0.244 e. The fourth-order valence-corrected chi connectivity index (χ4v) is 4.02. The minimum absolute atomic E-state index is 0.176. The molecular weight excluding hydrogens is 356 g/mol. The second-order valence-electron chi connectivity index (χ2n) is 4.74. The fraction of sp³-hybridized carbons (Fsp3) is 0.286. The van der Waals surface area contributed by atoms with Gasteiger partial charge in [-0.3, -0.25) is 0 Å². The largest absolute Gasteiger partial charge is 0.465 e. The third-order valence-corrected chi connectivity index (χ3v) is 5.89. The van der Waals surface area contributed by atoms with Crippen molar-refractivity contribution in [2.24, 2.45) is 5.73 Å². The van der Waals surface area contributed by atoms with Gasteiger partial charge in [0.2, 0.25) is 10.0 Å². The van der Waals surface area contributed by atoms with Crippen LogP contribution in [-0.4, -0.2) is 19.8 Å². The first-order valence-electron chi connectivity index (χ1n) is 6.34. The van der Waals surface area contributed by atoms with E-state index in [1.807, 2.05) is 6.92 Å². The van der Waals surface area contributed by atoms with Gasteiger partial charge in [0.1, 0.15) is 11.5 Å². The van der Waals surface area contributed by atoms with Gasteiger partial charge in [-0.1, -0.05) is 6.07 Å². The summed E-state index contributed by atoms with van der Waals surface area (Å²) in [7, 11) is -2.10. The van der Waals surface area contributed by atoms with E-state index in [0.717, 1.165) is 11.3 Å². The van der Waals surface area contributed by atoms with Gasteiger partial charge in [-0.25, -0.2) is 8.42 Å². The van der Waals surface area contributed by atoms with Crippen molar-refractivity contribution in [3.63, 3.8) is 0 Å². The molecule has 5 nitrogen and oxygen atoms in total. The molecule has 1 aromatic carbocycles. The van der Waals surface area contributed by atoms with Crippen molar-refractivity contribution in [1.29, 1.82) is 0 Å². The maximum atomic E-state index is 12.6. The molecule has 2 rings (SSSR count). The Balaban J connectivity index is 2.32. The lowest BCUT2D eigenvalue weighted by molar-refractivity contribution is 0.397. The Bertz CT molecular complexity index is 740. The highest BCUT2D eigenvalue weighted by Crippen LogP contribution is 2.26. The second-order valence-corrected chi connectivity index (χ2v) is 7.61. The third-order valence-electron chi connectivity index (χ3n) is 3.09. The minimum atomic E-state index is -3.62. The molecule has 0 fully saturated rings. The molecule has 0 amide bonds. The first kappa shape index (κ1) is 16.2. The summed E-state index contributed by atoms with van der Waals surface area (Å²) in [5.41, 5.74) is 6.34. The average Bonchev–Trinajstić information content (AvgIpc) is 2.84. The van der Waals surface area contributed by atoms with Crippen molar-refractivity contribution < 1.29 is 12.8 Å². The normalized spacial score (nSPS) is 12.0. The summed E-state index contributed by atoms with van der Waals surface area (Å²) in [6.07, 6.45) is 0. The monoisotopic (exact) mass is 372 g/mol. The second kappa shape index (κ2) is 6.31. The van der Waals surface area contributed by atoms with Crippen LogP contribution in [0.15, 0.2) is 44.1 Å². The van der Waals surface area contributed by atoms with Crippen molar-refractivity contribution in [3.05, 3.63) is 51.9 Å². The van der Waals surface area contributed by atoms with Crippen LogP contribution in [0.25, 0.3) is 0 Å². The highest BCUT2D eigenvalue weighted by molar-refractivity contribution is 9.10. The lowest BCUT2D eigenvalue weighted by atomic mass is 10.2. The van der Waals surface area contributed by atoms with Gasteiger partial charge in [-0.15, -0.1) is 0 Å². The Morgan fingerprint density at radius 1 is 1.29 bits per heavy atom. The minimum Gasteiger partial charge on any atom is -0.465 e. The van der Waals surface area contributed by atoms with Crippen LogP contribution in [0.3, 0.4) is 0 Å². The predicted molar refractivity (Wildman–Crippen MR) is 84.1 cm³/mol. The average molecular weight is 373 g/mol. The van der Waals surface area contributed by atoms with Gasteiger partial charge in [0.25, 0.3) is 0 Å². The Morgan fingerprint density at radius 3 is 2.57 bits per heavy atom. The van der Waals surface area contributed by atoms with Crippen LogP contribution in [0.2, 0.25) is 0 Å². The molecule has 0 aliphatic carbocycles. The van der Waals surface area contributed by atoms with Gasteiger partial charge < -0.3 is 10.2 Å². The first-order valence-corrected chi connectivity index (χ1v) is 8.58. The van der Waals surface area contributed by atoms with Crippen LogP contribution in [0.5, 0.6) is 0 Å². The van der Waals surface area contributed by atoms with E-state index in [2.05, 4.69) is 15.9 Å². The van der Waals surface area contributed by atoms with E-state index in [-0.39, 0.29) is 18.0 Å². The summed E-state index contributed by atoms with van der Waals surface area (Å²) in [6.45, 7) is 2.28. The molecule has 2 aromatic rings. The lowest BCUT2D eigenvalue weighted by Gasteiger charge is -2.17. The van der Waals surface area contributed by atoms with Crippen molar-refractivity contribution in [2.75, 3.05) is 7.05 Å².